The van der Waals surface area contributed by atoms with Crippen LogP contribution < -0.4 is 5.32 Å². The zero-order valence-corrected chi connectivity index (χ0v) is 17.0. The molecule has 1 aromatic rings. The van der Waals surface area contributed by atoms with E-state index in [0.29, 0.717) is 5.92 Å². The predicted octanol–water partition coefficient (Wildman–Crippen LogP) is 2.54. The van der Waals surface area contributed by atoms with Gasteiger partial charge < -0.3 is 15.0 Å². The molecule has 5 nitrogen and oxygen atoms in total. The number of hydrogen-bond donors (Lipinski definition) is 1. The minimum atomic E-state index is -0.188. The zero-order chi connectivity index (χ0) is 18.9. The molecule has 150 valence electrons. The molecular formula is C20H31FN4OS. The number of nitrogens with one attached hydrogen (secondary N) is 1. The monoisotopic (exact) mass is 394 g/mol. The number of likely N-dealkylation sites (tertiary alicyclic amines) is 1. The van der Waals surface area contributed by atoms with Gasteiger partial charge in [0.1, 0.15) is 5.82 Å². The van der Waals surface area contributed by atoms with Gasteiger partial charge in [-0.05, 0) is 43.5 Å². The molecule has 2 fully saturated rings. The quantitative estimate of drug-likeness (QED) is 0.333. The van der Waals surface area contributed by atoms with Crippen molar-refractivity contribution in [2.75, 3.05) is 64.8 Å². The topological polar surface area (TPSA) is 40.1 Å². The van der Waals surface area contributed by atoms with Crippen LogP contribution in [-0.4, -0.2) is 80.5 Å². The second-order valence-corrected chi connectivity index (χ2v) is 8.22. The molecule has 0 bridgehead atoms. The van der Waals surface area contributed by atoms with Crippen molar-refractivity contribution >= 4 is 17.7 Å². The third-order valence-corrected chi connectivity index (χ3v) is 5.97. The molecule has 0 radical (unpaired) electrons. The van der Waals surface area contributed by atoms with Gasteiger partial charge in [0.05, 0.1) is 19.8 Å². The van der Waals surface area contributed by atoms with Gasteiger partial charge in [0.25, 0.3) is 0 Å². The minimum Gasteiger partial charge on any atom is -0.379 e. The second kappa shape index (κ2) is 10.9. The summed E-state index contributed by atoms with van der Waals surface area (Å²) in [6.45, 7) is 10.9. The maximum atomic E-state index is 13.0. The Kier molecular flexibility index (Phi) is 8.23. The van der Waals surface area contributed by atoms with Crippen LogP contribution in [0.3, 0.4) is 0 Å². The molecule has 1 N–H and O–H groups in total. The van der Waals surface area contributed by atoms with Gasteiger partial charge in [-0.25, -0.2) is 4.39 Å². The number of hydrogen-bond acceptors (Lipinski definition) is 4. The number of guanidine groups is 1. The van der Waals surface area contributed by atoms with Gasteiger partial charge >= 0.3 is 0 Å². The fraction of sp³-hybridized carbons (Fsp3) is 0.650. The molecule has 3 rings (SSSR count). The summed E-state index contributed by atoms with van der Waals surface area (Å²) in [6.07, 6.45) is 1.23. The number of ether oxygens (including phenoxy) is 1. The van der Waals surface area contributed by atoms with E-state index in [4.69, 9.17) is 9.73 Å². The maximum Gasteiger partial charge on any atom is 0.193 e. The summed E-state index contributed by atoms with van der Waals surface area (Å²) in [5.41, 5.74) is 0. The molecule has 0 spiro atoms. The van der Waals surface area contributed by atoms with Crippen molar-refractivity contribution in [1.82, 2.24) is 15.1 Å². The highest BCUT2D eigenvalue weighted by Gasteiger charge is 2.27. The van der Waals surface area contributed by atoms with E-state index in [2.05, 4.69) is 22.0 Å². The van der Waals surface area contributed by atoms with E-state index >= 15 is 0 Å². The highest BCUT2D eigenvalue weighted by Crippen LogP contribution is 2.19. The molecule has 2 aliphatic rings. The first-order valence-electron chi connectivity index (χ1n) is 9.96. The smallest absolute Gasteiger partial charge is 0.193 e. The van der Waals surface area contributed by atoms with Crippen LogP contribution in [0, 0.1) is 11.7 Å². The Morgan fingerprint density at radius 3 is 2.78 bits per heavy atom. The second-order valence-electron chi connectivity index (χ2n) is 7.05. The molecule has 1 atom stereocenters. The molecule has 2 saturated heterocycles. The maximum absolute atomic E-state index is 13.0. The molecule has 0 aliphatic carbocycles. The van der Waals surface area contributed by atoms with Gasteiger partial charge in [0.2, 0.25) is 0 Å². The van der Waals surface area contributed by atoms with E-state index in [9.17, 15) is 4.39 Å². The molecule has 7 heteroatoms. The first-order chi connectivity index (χ1) is 13.2. The lowest BCUT2D eigenvalue weighted by molar-refractivity contribution is 0.0315. The normalized spacial score (nSPS) is 21.6. The Labute approximate surface area is 166 Å². The van der Waals surface area contributed by atoms with E-state index in [0.717, 1.165) is 69.1 Å². The lowest BCUT2D eigenvalue weighted by Gasteiger charge is -2.29. The number of nitrogens with zero attached hydrogens (tertiary/aromatic N) is 3. The molecule has 1 unspecified atom stereocenters. The number of thioether (sulfide) groups is 1. The summed E-state index contributed by atoms with van der Waals surface area (Å²) in [7, 11) is 0. The Morgan fingerprint density at radius 1 is 1.26 bits per heavy atom. The van der Waals surface area contributed by atoms with E-state index in [1.807, 2.05) is 12.1 Å². The molecule has 0 saturated carbocycles. The van der Waals surface area contributed by atoms with E-state index in [-0.39, 0.29) is 5.82 Å². The summed E-state index contributed by atoms with van der Waals surface area (Å²) >= 11 is 1.72. The van der Waals surface area contributed by atoms with Crippen molar-refractivity contribution in [2.45, 2.75) is 18.2 Å². The highest BCUT2D eigenvalue weighted by molar-refractivity contribution is 7.99. The standard InChI is InChI=1S/C20H31FN4OS/c1-2-22-20(23-8-14-27-19-5-3-18(21)4-6-19)25-9-7-17(16-25)15-24-10-12-26-13-11-24/h3-6,17H,2,7-16H2,1H3,(H,22,23). The zero-order valence-electron chi connectivity index (χ0n) is 16.2. The van der Waals surface area contributed by atoms with Crippen LogP contribution in [0.1, 0.15) is 13.3 Å². The number of morpholine rings is 1. The molecule has 2 aliphatic heterocycles. The van der Waals surface area contributed by atoms with Crippen LogP contribution in [0.25, 0.3) is 0 Å². The van der Waals surface area contributed by atoms with Crippen LogP contribution in [0.5, 0.6) is 0 Å². The summed E-state index contributed by atoms with van der Waals surface area (Å²) in [4.78, 5) is 10.8. The molecule has 0 amide bonds. The Morgan fingerprint density at radius 2 is 2.04 bits per heavy atom. The first kappa shape index (κ1) is 20.4. The highest BCUT2D eigenvalue weighted by atomic mass is 32.2. The Balaban J connectivity index is 1.44. The third-order valence-electron chi connectivity index (χ3n) is 4.98. The molecule has 2 heterocycles. The summed E-state index contributed by atoms with van der Waals surface area (Å²) in [6, 6.07) is 6.67. The van der Waals surface area contributed by atoms with Crippen LogP contribution in [0.2, 0.25) is 0 Å². The van der Waals surface area contributed by atoms with Crippen molar-refractivity contribution < 1.29 is 9.13 Å². The number of rotatable bonds is 7. The number of halogens is 1. The molecule has 27 heavy (non-hydrogen) atoms. The van der Waals surface area contributed by atoms with E-state index < -0.39 is 0 Å². The molecule has 1 aromatic carbocycles. The van der Waals surface area contributed by atoms with Gasteiger partial charge in [0, 0.05) is 49.9 Å². The average Bonchev–Trinajstić information content (AvgIpc) is 3.15. The lowest BCUT2D eigenvalue weighted by Crippen LogP contribution is -2.42. The predicted molar refractivity (Wildman–Crippen MR) is 110 cm³/mol. The van der Waals surface area contributed by atoms with Crippen molar-refractivity contribution in [2.24, 2.45) is 10.9 Å². The SMILES string of the molecule is CCNC(=NCCSc1ccc(F)cc1)N1CCC(CN2CCOCC2)C1. The largest absolute Gasteiger partial charge is 0.379 e. The van der Waals surface area contributed by atoms with Crippen molar-refractivity contribution in [3.05, 3.63) is 30.1 Å². The Bertz CT molecular complexity index is 592. The molecular weight excluding hydrogens is 363 g/mol. The lowest BCUT2D eigenvalue weighted by atomic mass is 10.1. The number of benzene rings is 1. The van der Waals surface area contributed by atoms with Crippen molar-refractivity contribution in [3.8, 4) is 0 Å². The van der Waals surface area contributed by atoms with E-state index in [1.165, 1.54) is 25.1 Å². The van der Waals surface area contributed by atoms with Crippen LogP contribution in [-0.2, 0) is 4.74 Å². The fourth-order valence-electron chi connectivity index (χ4n) is 3.59. The number of aliphatic imine (C=N–C) groups is 1. The van der Waals surface area contributed by atoms with Crippen molar-refractivity contribution in [1.29, 1.82) is 0 Å². The van der Waals surface area contributed by atoms with Crippen molar-refractivity contribution in [3.63, 3.8) is 0 Å². The van der Waals surface area contributed by atoms with Crippen LogP contribution in [0.15, 0.2) is 34.2 Å². The van der Waals surface area contributed by atoms with E-state index in [1.54, 1.807) is 11.8 Å². The van der Waals surface area contributed by atoms with Crippen LogP contribution >= 0.6 is 11.8 Å². The minimum absolute atomic E-state index is 0.188. The van der Waals surface area contributed by atoms with Gasteiger partial charge in [-0.2, -0.15) is 0 Å². The van der Waals surface area contributed by atoms with Gasteiger partial charge in [-0.3, -0.25) is 9.89 Å². The first-order valence-corrected chi connectivity index (χ1v) is 10.9. The van der Waals surface area contributed by atoms with Gasteiger partial charge in [-0.15, -0.1) is 11.8 Å². The summed E-state index contributed by atoms with van der Waals surface area (Å²) < 4.78 is 18.4. The van der Waals surface area contributed by atoms with Gasteiger partial charge in [0.15, 0.2) is 5.96 Å². The van der Waals surface area contributed by atoms with Crippen LogP contribution in [0.4, 0.5) is 4.39 Å². The average molecular weight is 395 g/mol. The molecule has 0 aromatic heterocycles. The Hall–Kier alpha value is -1.31. The van der Waals surface area contributed by atoms with Gasteiger partial charge in [-0.1, -0.05) is 0 Å². The summed E-state index contributed by atoms with van der Waals surface area (Å²) in [5, 5.41) is 3.44. The summed E-state index contributed by atoms with van der Waals surface area (Å²) in [5.74, 6) is 2.45. The fourth-order valence-corrected chi connectivity index (χ4v) is 4.34. The third kappa shape index (κ3) is 6.66.